The third kappa shape index (κ3) is 4.48. The lowest BCUT2D eigenvalue weighted by molar-refractivity contribution is -0.130. The van der Waals surface area contributed by atoms with Gasteiger partial charge in [-0.15, -0.1) is 0 Å². The minimum atomic E-state index is 0.316. The van der Waals surface area contributed by atoms with Crippen molar-refractivity contribution >= 4 is 5.91 Å². The Morgan fingerprint density at radius 3 is 2.53 bits per heavy atom. The molecule has 110 valence electrons. The van der Waals surface area contributed by atoms with Crippen molar-refractivity contribution in [2.24, 2.45) is 11.8 Å². The van der Waals surface area contributed by atoms with E-state index in [1.807, 2.05) is 0 Å². The van der Waals surface area contributed by atoms with Crippen molar-refractivity contribution in [1.82, 2.24) is 10.2 Å². The summed E-state index contributed by atoms with van der Waals surface area (Å²) >= 11 is 0. The number of nitrogens with zero attached hydrogens (tertiary/aromatic N) is 1. The van der Waals surface area contributed by atoms with Crippen molar-refractivity contribution in [1.29, 1.82) is 0 Å². The molecule has 1 saturated carbocycles. The van der Waals surface area contributed by atoms with Crippen LogP contribution in [0.25, 0.3) is 0 Å². The van der Waals surface area contributed by atoms with Gasteiger partial charge in [0.2, 0.25) is 5.91 Å². The number of carbonyl (C=O) groups excluding carboxylic acids is 1. The van der Waals surface area contributed by atoms with Crippen LogP contribution in [-0.4, -0.2) is 36.5 Å². The van der Waals surface area contributed by atoms with E-state index < -0.39 is 0 Å². The van der Waals surface area contributed by atoms with Gasteiger partial charge >= 0.3 is 0 Å². The third-order valence-electron chi connectivity index (χ3n) is 4.97. The van der Waals surface area contributed by atoms with Crippen LogP contribution >= 0.6 is 0 Å². The molecule has 1 heterocycles. The first-order valence-corrected chi connectivity index (χ1v) is 8.18. The van der Waals surface area contributed by atoms with Crippen molar-refractivity contribution < 1.29 is 4.79 Å². The zero-order chi connectivity index (χ0) is 13.7. The molecule has 1 amide bonds. The van der Waals surface area contributed by atoms with Gasteiger partial charge in [0.15, 0.2) is 0 Å². The predicted octanol–water partition coefficient (Wildman–Crippen LogP) is 2.80. The molecule has 2 aliphatic rings. The molecule has 0 aromatic rings. The second kappa shape index (κ2) is 7.28. The van der Waals surface area contributed by atoms with E-state index in [2.05, 4.69) is 24.1 Å². The highest BCUT2D eigenvalue weighted by Gasteiger charge is 2.23. The first-order chi connectivity index (χ1) is 9.16. The summed E-state index contributed by atoms with van der Waals surface area (Å²) in [7, 11) is 0. The monoisotopic (exact) mass is 266 g/mol. The summed E-state index contributed by atoms with van der Waals surface area (Å²) in [5.74, 6) is 1.88. The molecule has 1 atom stereocenters. The van der Waals surface area contributed by atoms with Gasteiger partial charge in [-0.1, -0.05) is 26.7 Å². The number of hydrogen-bond donors (Lipinski definition) is 1. The number of hydrogen-bond acceptors (Lipinski definition) is 2. The number of rotatable bonds is 4. The summed E-state index contributed by atoms with van der Waals surface area (Å²) in [6, 6.07) is 0.597. The Balaban J connectivity index is 1.72. The Morgan fingerprint density at radius 1 is 1.11 bits per heavy atom. The SMILES string of the molecule is CC(C)C1CCCN(C(=O)CNC2CCCC2)CC1. The molecule has 0 aromatic heterocycles. The van der Waals surface area contributed by atoms with E-state index in [4.69, 9.17) is 0 Å². The fourth-order valence-electron chi connectivity index (χ4n) is 3.51. The molecule has 1 aliphatic carbocycles. The Hall–Kier alpha value is -0.570. The van der Waals surface area contributed by atoms with Crippen molar-refractivity contribution in [2.75, 3.05) is 19.6 Å². The van der Waals surface area contributed by atoms with Gasteiger partial charge in [-0.3, -0.25) is 4.79 Å². The van der Waals surface area contributed by atoms with Crippen LogP contribution in [0.1, 0.15) is 58.8 Å². The number of carbonyl (C=O) groups is 1. The Labute approximate surface area is 118 Å². The Kier molecular flexibility index (Phi) is 5.68. The number of likely N-dealkylation sites (tertiary alicyclic amines) is 1. The molecule has 1 saturated heterocycles. The summed E-state index contributed by atoms with van der Waals surface area (Å²) in [5, 5.41) is 3.44. The maximum atomic E-state index is 12.2. The number of amides is 1. The van der Waals surface area contributed by atoms with Crippen LogP contribution in [-0.2, 0) is 4.79 Å². The van der Waals surface area contributed by atoms with Gasteiger partial charge in [0.1, 0.15) is 0 Å². The highest BCUT2D eigenvalue weighted by atomic mass is 16.2. The topological polar surface area (TPSA) is 32.3 Å². The largest absolute Gasteiger partial charge is 0.342 e. The summed E-state index contributed by atoms with van der Waals surface area (Å²) in [6.07, 6.45) is 8.81. The van der Waals surface area contributed by atoms with Crippen LogP contribution in [0.2, 0.25) is 0 Å². The third-order valence-corrected chi connectivity index (χ3v) is 4.97. The average Bonchev–Trinajstić information content (AvgIpc) is 2.77. The fraction of sp³-hybridized carbons (Fsp3) is 0.938. The quantitative estimate of drug-likeness (QED) is 0.848. The van der Waals surface area contributed by atoms with Gasteiger partial charge in [-0.2, -0.15) is 0 Å². The summed E-state index contributed by atoms with van der Waals surface area (Å²) in [5.41, 5.74) is 0. The lowest BCUT2D eigenvalue weighted by Gasteiger charge is -2.22. The number of nitrogens with one attached hydrogen (secondary N) is 1. The molecule has 2 fully saturated rings. The molecule has 0 radical (unpaired) electrons. The lowest BCUT2D eigenvalue weighted by Crippen LogP contribution is -2.41. The molecular formula is C16H30N2O. The van der Waals surface area contributed by atoms with Crippen molar-refractivity contribution in [2.45, 2.75) is 64.8 Å². The van der Waals surface area contributed by atoms with Crippen LogP contribution < -0.4 is 5.32 Å². The minimum absolute atomic E-state index is 0.316. The van der Waals surface area contributed by atoms with E-state index in [-0.39, 0.29) is 0 Å². The second-order valence-electron chi connectivity index (χ2n) is 6.68. The van der Waals surface area contributed by atoms with Gasteiger partial charge in [-0.25, -0.2) is 0 Å². The first kappa shape index (κ1) is 14.8. The van der Waals surface area contributed by atoms with E-state index >= 15 is 0 Å². The van der Waals surface area contributed by atoms with Crippen molar-refractivity contribution in [3.8, 4) is 0 Å². The van der Waals surface area contributed by atoms with E-state index in [9.17, 15) is 4.79 Å². The van der Waals surface area contributed by atoms with Gasteiger partial charge < -0.3 is 10.2 Å². The summed E-state index contributed by atoms with van der Waals surface area (Å²) in [6.45, 7) is 7.10. The standard InChI is InChI=1S/C16H30N2O/c1-13(2)14-6-5-10-18(11-9-14)16(19)12-17-15-7-3-4-8-15/h13-15,17H,3-12H2,1-2H3. The molecule has 3 nitrogen and oxygen atoms in total. The zero-order valence-electron chi connectivity index (χ0n) is 12.7. The average molecular weight is 266 g/mol. The second-order valence-corrected chi connectivity index (χ2v) is 6.68. The van der Waals surface area contributed by atoms with E-state index in [1.165, 1.54) is 44.9 Å². The molecule has 1 unspecified atom stereocenters. The van der Waals surface area contributed by atoms with Crippen molar-refractivity contribution in [3.63, 3.8) is 0 Å². The maximum Gasteiger partial charge on any atom is 0.236 e. The van der Waals surface area contributed by atoms with Crippen LogP contribution in [0, 0.1) is 11.8 Å². The van der Waals surface area contributed by atoms with Gasteiger partial charge in [0.05, 0.1) is 6.54 Å². The first-order valence-electron chi connectivity index (χ1n) is 8.18. The highest BCUT2D eigenvalue weighted by Crippen LogP contribution is 2.24. The molecular weight excluding hydrogens is 236 g/mol. The summed E-state index contributed by atoms with van der Waals surface area (Å²) in [4.78, 5) is 14.3. The maximum absolute atomic E-state index is 12.2. The van der Waals surface area contributed by atoms with E-state index in [1.54, 1.807) is 0 Å². The molecule has 0 spiro atoms. The minimum Gasteiger partial charge on any atom is -0.342 e. The van der Waals surface area contributed by atoms with Crippen LogP contribution in [0.4, 0.5) is 0 Å². The van der Waals surface area contributed by atoms with E-state index in [0.29, 0.717) is 18.5 Å². The highest BCUT2D eigenvalue weighted by molar-refractivity contribution is 5.78. The fourth-order valence-corrected chi connectivity index (χ4v) is 3.51. The van der Waals surface area contributed by atoms with Crippen LogP contribution in [0.3, 0.4) is 0 Å². The molecule has 19 heavy (non-hydrogen) atoms. The molecule has 0 aromatic carbocycles. The van der Waals surface area contributed by atoms with Gasteiger partial charge in [0.25, 0.3) is 0 Å². The Morgan fingerprint density at radius 2 is 1.84 bits per heavy atom. The van der Waals surface area contributed by atoms with Crippen LogP contribution in [0.15, 0.2) is 0 Å². The zero-order valence-corrected chi connectivity index (χ0v) is 12.7. The predicted molar refractivity (Wildman–Crippen MR) is 79.0 cm³/mol. The molecule has 3 heteroatoms. The van der Waals surface area contributed by atoms with Crippen molar-refractivity contribution in [3.05, 3.63) is 0 Å². The Bertz CT molecular complexity index is 284. The smallest absolute Gasteiger partial charge is 0.236 e. The van der Waals surface area contributed by atoms with Gasteiger partial charge in [0, 0.05) is 19.1 Å². The molecule has 2 rings (SSSR count). The molecule has 0 bridgehead atoms. The lowest BCUT2D eigenvalue weighted by atomic mass is 9.89. The molecule has 1 N–H and O–H groups in total. The molecule has 1 aliphatic heterocycles. The summed E-state index contributed by atoms with van der Waals surface area (Å²) < 4.78 is 0. The van der Waals surface area contributed by atoms with E-state index in [0.717, 1.165) is 24.9 Å². The normalized spacial score (nSPS) is 25.8. The van der Waals surface area contributed by atoms with Gasteiger partial charge in [-0.05, 0) is 43.9 Å². The van der Waals surface area contributed by atoms with Crippen LogP contribution in [0.5, 0.6) is 0 Å².